The van der Waals surface area contributed by atoms with Gasteiger partial charge in [0.1, 0.15) is 11.2 Å². The van der Waals surface area contributed by atoms with Crippen molar-refractivity contribution < 1.29 is 4.74 Å². The Balaban J connectivity index is 1.90. The highest BCUT2D eigenvalue weighted by molar-refractivity contribution is 5.74. The number of ether oxygens (including phenoxy) is 1. The summed E-state index contributed by atoms with van der Waals surface area (Å²) in [6, 6.07) is 9.49. The molecule has 1 saturated heterocycles. The fraction of sp³-hybridized carbons (Fsp3) is 0.368. The molecule has 0 unspecified atom stereocenters. The molecule has 4 rings (SSSR count). The first kappa shape index (κ1) is 16.7. The Morgan fingerprint density at radius 1 is 1.27 bits per heavy atom. The molecule has 1 aromatic carbocycles. The van der Waals surface area contributed by atoms with Crippen LogP contribution in [0.4, 0.5) is 5.95 Å². The van der Waals surface area contributed by atoms with Gasteiger partial charge in [-0.05, 0) is 19.8 Å². The summed E-state index contributed by atoms with van der Waals surface area (Å²) < 4.78 is 7.43. The van der Waals surface area contributed by atoms with Crippen LogP contribution in [-0.2, 0) is 11.3 Å². The number of rotatable bonds is 5. The lowest BCUT2D eigenvalue weighted by atomic mass is 10.1. The van der Waals surface area contributed by atoms with Crippen LogP contribution < -0.4 is 10.9 Å². The number of nitrogens with zero attached hydrogens (tertiary/aromatic N) is 4. The van der Waals surface area contributed by atoms with Gasteiger partial charge in [0, 0.05) is 18.7 Å². The molecule has 0 bridgehead atoms. The molecule has 1 atom stereocenters. The third-order valence-electron chi connectivity index (χ3n) is 4.48. The first-order chi connectivity index (χ1) is 12.8. The SMILES string of the molecule is CCNc1ncc2nc(-c3ccccc3)c(=O)n(C[C@H]3CCCO3)c2n1. The van der Waals surface area contributed by atoms with Crippen molar-refractivity contribution in [2.24, 2.45) is 0 Å². The highest BCUT2D eigenvalue weighted by Gasteiger charge is 2.21. The van der Waals surface area contributed by atoms with E-state index in [1.807, 2.05) is 37.3 Å². The minimum absolute atomic E-state index is 0.0273. The van der Waals surface area contributed by atoms with Gasteiger partial charge in [-0.2, -0.15) is 4.98 Å². The maximum Gasteiger partial charge on any atom is 0.278 e. The van der Waals surface area contributed by atoms with Gasteiger partial charge in [0.25, 0.3) is 5.56 Å². The van der Waals surface area contributed by atoms with Gasteiger partial charge in [-0.1, -0.05) is 30.3 Å². The molecule has 1 aliphatic heterocycles. The molecule has 1 fully saturated rings. The second-order valence-corrected chi connectivity index (χ2v) is 6.31. The van der Waals surface area contributed by atoms with Gasteiger partial charge in [0.2, 0.25) is 5.95 Å². The lowest BCUT2D eigenvalue weighted by Gasteiger charge is -2.15. The lowest BCUT2D eigenvalue weighted by molar-refractivity contribution is 0.0971. The number of hydrogen-bond acceptors (Lipinski definition) is 6. The van der Waals surface area contributed by atoms with Crippen molar-refractivity contribution in [3.05, 3.63) is 46.9 Å². The number of hydrogen-bond donors (Lipinski definition) is 1. The minimum Gasteiger partial charge on any atom is -0.376 e. The largest absolute Gasteiger partial charge is 0.376 e. The minimum atomic E-state index is -0.152. The van der Waals surface area contributed by atoms with Gasteiger partial charge < -0.3 is 10.1 Å². The van der Waals surface area contributed by atoms with Crippen LogP contribution in [0.5, 0.6) is 0 Å². The first-order valence-corrected chi connectivity index (χ1v) is 8.94. The summed E-state index contributed by atoms with van der Waals surface area (Å²) in [5.41, 5.74) is 2.19. The Labute approximate surface area is 151 Å². The molecular formula is C19H21N5O2. The third-order valence-corrected chi connectivity index (χ3v) is 4.48. The molecule has 0 aliphatic carbocycles. The van der Waals surface area contributed by atoms with Crippen LogP contribution in [0.25, 0.3) is 22.4 Å². The third kappa shape index (κ3) is 3.17. The fourth-order valence-corrected chi connectivity index (χ4v) is 3.22. The maximum atomic E-state index is 13.2. The molecule has 0 saturated carbocycles. The maximum absolute atomic E-state index is 13.2. The second kappa shape index (κ2) is 7.21. The summed E-state index contributed by atoms with van der Waals surface area (Å²) in [5, 5.41) is 3.09. The van der Waals surface area contributed by atoms with E-state index in [1.54, 1.807) is 10.8 Å². The van der Waals surface area contributed by atoms with E-state index in [9.17, 15) is 4.79 Å². The molecule has 7 nitrogen and oxygen atoms in total. The van der Waals surface area contributed by atoms with Gasteiger partial charge in [-0.3, -0.25) is 9.36 Å². The van der Waals surface area contributed by atoms with Gasteiger partial charge in [0.15, 0.2) is 5.65 Å². The van der Waals surface area contributed by atoms with E-state index in [-0.39, 0.29) is 11.7 Å². The number of benzene rings is 1. The Kier molecular flexibility index (Phi) is 4.62. The summed E-state index contributed by atoms with van der Waals surface area (Å²) in [4.78, 5) is 26.6. The summed E-state index contributed by atoms with van der Waals surface area (Å²) in [7, 11) is 0. The van der Waals surface area contributed by atoms with Crippen molar-refractivity contribution in [3.63, 3.8) is 0 Å². The Hall–Kier alpha value is -2.80. The summed E-state index contributed by atoms with van der Waals surface area (Å²) in [6.07, 6.45) is 3.66. The Bertz CT molecular complexity index is 965. The van der Waals surface area contributed by atoms with E-state index < -0.39 is 0 Å². The van der Waals surface area contributed by atoms with Crippen LogP contribution in [0.2, 0.25) is 0 Å². The summed E-state index contributed by atoms with van der Waals surface area (Å²) in [6.45, 7) is 3.90. The predicted octanol–water partition coefficient (Wildman–Crippen LogP) is 2.46. The zero-order valence-corrected chi connectivity index (χ0v) is 14.7. The van der Waals surface area contributed by atoms with Gasteiger partial charge in [-0.25, -0.2) is 9.97 Å². The van der Waals surface area contributed by atoms with Crippen molar-refractivity contribution in [1.82, 2.24) is 19.5 Å². The van der Waals surface area contributed by atoms with Crippen molar-refractivity contribution in [2.75, 3.05) is 18.5 Å². The lowest BCUT2D eigenvalue weighted by Crippen LogP contribution is -2.29. The zero-order valence-electron chi connectivity index (χ0n) is 14.7. The molecule has 1 N–H and O–H groups in total. The first-order valence-electron chi connectivity index (χ1n) is 8.94. The van der Waals surface area contributed by atoms with Crippen molar-refractivity contribution >= 4 is 17.1 Å². The highest BCUT2D eigenvalue weighted by atomic mass is 16.5. The number of anilines is 1. The number of nitrogens with one attached hydrogen (secondary N) is 1. The molecule has 26 heavy (non-hydrogen) atoms. The summed E-state index contributed by atoms with van der Waals surface area (Å²) in [5.74, 6) is 0.495. The number of aromatic nitrogens is 4. The van der Waals surface area contributed by atoms with Gasteiger partial charge in [-0.15, -0.1) is 0 Å². The molecule has 3 heterocycles. The van der Waals surface area contributed by atoms with Crippen LogP contribution in [0.3, 0.4) is 0 Å². The standard InChI is InChI=1S/C19H21N5O2/c1-2-20-19-21-11-15-17(23-19)24(12-14-9-6-10-26-14)18(25)16(22-15)13-7-4-3-5-8-13/h3-5,7-8,11,14H,2,6,9-10,12H2,1H3,(H,20,21,23)/t14-/m1/s1. The quantitative estimate of drug-likeness (QED) is 0.760. The molecule has 2 aromatic heterocycles. The zero-order chi connectivity index (χ0) is 17.9. The van der Waals surface area contributed by atoms with E-state index in [4.69, 9.17) is 4.74 Å². The van der Waals surface area contributed by atoms with Crippen molar-refractivity contribution in [1.29, 1.82) is 0 Å². The topological polar surface area (TPSA) is 81.9 Å². The molecule has 7 heteroatoms. The predicted molar refractivity (Wildman–Crippen MR) is 100 cm³/mol. The molecular weight excluding hydrogens is 330 g/mol. The van der Waals surface area contributed by atoms with Crippen molar-refractivity contribution in [3.8, 4) is 11.3 Å². The molecule has 0 radical (unpaired) electrons. The van der Waals surface area contributed by atoms with E-state index in [1.165, 1.54) is 0 Å². The fourth-order valence-electron chi connectivity index (χ4n) is 3.22. The van der Waals surface area contributed by atoms with Crippen LogP contribution in [0, 0.1) is 0 Å². The van der Waals surface area contributed by atoms with Crippen LogP contribution in [0.15, 0.2) is 41.3 Å². The summed E-state index contributed by atoms with van der Waals surface area (Å²) >= 11 is 0. The Morgan fingerprint density at radius 3 is 2.85 bits per heavy atom. The number of fused-ring (bicyclic) bond motifs is 1. The van der Waals surface area contributed by atoms with E-state index in [0.717, 1.165) is 25.0 Å². The van der Waals surface area contributed by atoms with Crippen LogP contribution in [-0.4, -0.2) is 38.8 Å². The van der Waals surface area contributed by atoms with E-state index in [0.29, 0.717) is 35.9 Å². The van der Waals surface area contributed by atoms with Crippen molar-refractivity contribution in [2.45, 2.75) is 32.4 Å². The molecule has 0 spiro atoms. The molecule has 0 amide bonds. The van der Waals surface area contributed by atoms with E-state index >= 15 is 0 Å². The van der Waals surface area contributed by atoms with Crippen LogP contribution in [0.1, 0.15) is 19.8 Å². The highest BCUT2D eigenvalue weighted by Crippen LogP contribution is 2.19. The second-order valence-electron chi connectivity index (χ2n) is 6.31. The molecule has 1 aliphatic rings. The average Bonchev–Trinajstić information content (AvgIpc) is 3.18. The van der Waals surface area contributed by atoms with Crippen LogP contribution >= 0.6 is 0 Å². The normalized spacial score (nSPS) is 16.9. The van der Waals surface area contributed by atoms with Gasteiger partial charge in [0.05, 0.1) is 18.8 Å². The monoisotopic (exact) mass is 351 g/mol. The van der Waals surface area contributed by atoms with Gasteiger partial charge >= 0.3 is 0 Å². The molecule has 3 aromatic rings. The average molecular weight is 351 g/mol. The smallest absolute Gasteiger partial charge is 0.278 e. The Morgan fingerprint density at radius 2 is 2.12 bits per heavy atom. The molecule has 134 valence electrons. The van der Waals surface area contributed by atoms with E-state index in [2.05, 4.69) is 20.3 Å².